The van der Waals surface area contributed by atoms with Crippen LogP contribution >= 0.6 is 0 Å². The van der Waals surface area contributed by atoms with Gasteiger partial charge in [0.15, 0.2) is 0 Å². The summed E-state index contributed by atoms with van der Waals surface area (Å²) in [4.78, 5) is 44.6. The molecule has 2 amide bonds. The first kappa shape index (κ1) is 43.3. The van der Waals surface area contributed by atoms with Gasteiger partial charge in [-0.1, -0.05) is 57.9 Å². The zero-order chi connectivity index (χ0) is 41.6. The molecule has 8 aliphatic rings. The predicted octanol–water partition coefficient (Wildman–Crippen LogP) is 7.07. The van der Waals surface area contributed by atoms with Crippen molar-refractivity contribution in [1.29, 1.82) is 0 Å². The molecule has 5 N–H and O–H groups in total. The highest BCUT2D eigenvalue weighted by atomic mass is 16.5. The van der Waals surface area contributed by atoms with Gasteiger partial charge < -0.3 is 35.4 Å². The summed E-state index contributed by atoms with van der Waals surface area (Å²) in [5.41, 5.74) is 4.22. The van der Waals surface area contributed by atoms with Gasteiger partial charge in [0.05, 0.1) is 18.3 Å². The van der Waals surface area contributed by atoms with Gasteiger partial charge in [0.25, 0.3) is 0 Å². The molecule has 0 aliphatic heterocycles. The van der Waals surface area contributed by atoms with Crippen LogP contribution < -0.4 is 10.6 Å². The van der Waals surface area contributed by atoms with E-state index in [1.165, 1.54) is 63.4 Å². The van der Waals surface area contributed by atoms with E-state index in [1.54, 1.807) is 5.57 Å². The Balaban J connectivity index is 0.000000177. The molecule has 0 bridgehead atoms. The highest BCUT2D eigenvalue weighted by molar-refractivity contribution is 5.82. The van der Waals surface area contributed by atoms with Gasteiger partial charge in [0, 0.05) is 0 Å². The van der Waals surface area contributed by atoms with Crippen LogP contribution in [0.25, 0.3) is 0 Å². The van der Waals surface area contributed by atoms with Crippen LogP contribution in [0.5, 0.6) is 0 Å². The number of nitrogens with one attached hydrogen (secondary N) is 2. The minimum Gasteiger partial charge on any atom is -0.480 e. The molecule has 6 saturated carbocycles. The number of aliphatic hydroxyl groups is 1. The van der Waals surface area contributed by atoms with Crippen molar-refractivity contribution in [3.8, 4) is 0 Å². The summed E-state index contributed by atoms with van der Waals surface area (Å²) in [6.45, 7) is 11.4. The van der Waals surface area contributed by atoms with Gasteiger partial charge >= 0.3 is 11.9 Å². The Bertz CT molecular complexity index is 1530. The number of carbonyl (C=O) groups is 4. The van der Waals surface area contributed by atoms with Gasteiger partial charge in [-0.3, -0.25) is 19.2 Å². The molecule has 8 aliphatic carbocycles. The van der Waals surface area contributed by atoms with Crippen LogP contribution in [-0.2, 0) is 28.7 Å². The first-order valence-corrected chi connectivity index (χ1v) is 22.8. The summed E-state index contributed by atoms with van der Waals surface area (Å²) < 4.78 is 11.6. The lowest BCUT2D eigenvalue weighted by molar-refractivity contribution is -0.139. The van der Waals surface area contributed by atoms with Crippen molar-refractivity contribution in [3.05, 3.63) is 23.3 Å². The molecule has 0 aromatic rings. The molecular formula is C47H72N2O9. The van der Waals surface area contributed by atoms with Crippen LogP contribution in [0.15, 0.2) is 23.3 Å². The van der Waals surface area contributed by atoms with Crippen LogP contribution in [-0.4, -0.2) is 83.7 Å². The van der Waals surface area contributed by atoms with Crippen molar-refractivity contribution < 1.29 is 44.0 Å². The van der Waals surface area contributed by atoms with Crippen molar-refractivity contribution in [2.75, 3.05) is 26.3 Å². The number of carboxylic acid groups (broad SMARTS) is 2. The van der Waals surface area contributed by atoms with E-state index < -0.39 is 11.9 Å². The summed E-state index contributed by atoms with van der Waals surface area (Å²) in [5.74, 6) is 2.68. The van der Waals surface area contributed by atoms with E-state index in [2.05, 4.69) is 57.4 Å². The number of carboxylic acids is 2. The van der Waals surface area contributed by atoms with Crippen LogP contribution in [0.3, 0.4) is 0 Å². The second-order valence-corrected chi connectivity index (χ2v) is 20.8. The molecule has 0 saturated heterocycles. The molecule has 0 heterocycles. The maximum atomic E-state index is 11.8. The van der Waals surface area contributed by atoms with Crippen LogP contribution in [0.4, 0.5) is 0 Å². The molecule has 0 radical (unpaired) electrons. The number of fused-ring (bicyclic) bond motifs is 10. The van der Waals surface area contributed by atoms with Gasteiger partial charge in [-0.15, -0.1) is 0 Å². The van der Waals surface area contributed by atoms with Gasteiger partial charge in [-0.25, -0.2) is 0 Å². The second-order valence-electron chi connectivity index (χ2n) is 20.8. The summed E-state index contributed by atoms with van der Waals surface area (Å²) in [6.07, 6.45) is 23.2. The lowest BCUT2D eigenvalue weighted by Crippen LogP contribution is -2.51. The van der Waals surface area contributed by atoms with Crippen LogP contribution in [0.2, 0.25) is 0 Å². The molecule has 12 unspecified atom stereocenters. The van der Waals surface area contributed by atoms with Crippen molar-refractivity contribution >= 4 is 23.8 Å². The fraction of sp³-hybridized carbons (Fsp3) is 0.830. The average Bonchev–Trinajstić information content (AvgIpc) is 3.67. The average molecular weight is 809 g/mol. The SMILES string of the molecule is CC12CC[C@H](OCC(=O)NCC(=O)O)C=C1CCC1C2CCC2(C)C(O)CCC12.CC1CCC2C3CCC4=C[C@H](OCC(=O)NCC(=O)O)CCC4(C)C3CCC12C. The lowest BCUT2D eigenvalue weighted by Gasteiger charge is -2.58. The monoisotopic (exact) mass is 809 g/mol. The van der Waals surface area contributed by atoms with E-state index in [4.69, 9.17) is 19.7 Å². The number of ether oxygens (including phenoxy) is 2. The number of carbonyl (C=O) groups excluding carboxylic acids is 2. The Morgan fingerprint density at radius 3 is 1.53 bits per heavy atom. The highest BCUT2D eigenvalue weighted by Crippen LogP contribution is 2.67. The van der Waals surface area contributed by atoms with E-state index in [1.807, 2.05) is 0 Å². The predicted molar refractivity (Wildman–Crippen MR) is 219 cm³/mol. The highest BCUT2D eigenvalue weighted by Gasteiger charge is 2.60. The van der Waals surface area contributed by atoms with E-state index >= 15 is 0 Å². The first-order chi connectivity index (χ1) is 27.5. The van der Waals surface area contributed by atoms with Crippen LogP contribution in [0, 0.1) is 63.1 Å². The number of amides is 2. The molecule has 58 heavy (non-hydrogen) atoms. The molecule has 6 fully saturated rings. The Labute approximate surface area is 345 Å². The Morgan fingerprint density at radius 2 is 1.05 bits per heavy atom. The molecule has 11 heteroatoms. The standard InChI is InChI=1S/C24H37NO4.C23H35NO5/c1-15-4-7-19-18-6-5-16-12-17(29-14-21(26)25-13-22(27)28)8-10-24(16,3)20(18)9-11-23(15,19)2;1-22-9-7-15(29-13-20(26)24-12-21(27)28)11-14(22)3-4-16-17-5-6-19(25)23(17,2)10-8-18(16)22/h12,15,17-20H,4-11,13-14H2,1-3H3,(H,25,26)(H,27,28);11,15-19,25H,3-10,12-13H2,1-2H3,(H,24,26)(H,27,28)/t15?,17-,18?,19?,20?,23?,24?;15-,16?,17?,18?,19?,22?,23?/m10/s1. The van der Waals surface area contributed by atoms with Crippen molar-refractivity contribution in [1.82, 2.24) is 10.6 Å². The Morgan fingerprint density at radius 1 is 0.603 bits per heavy atom. The zero-order valence-corrected chi connectivity index (χ0v) is 35.9. The van der Waals surface area contributed by atoms with Crippen molar-refractivity contribution in [2.24, 2.45) is 63.1 Å². The summed E-state index contributed by atoms with van der Waals surface area (Å²) in [6, 6.07) is 0. The topological polar surface area (TPSA) is 171 Å². The number of hydrogen-bond acceptors (Lipinski definition) is 7. The molecular weight excluding hydrogens is 737 g/mol. The molecule has 0 aromatic heterocycles. The zero-order valence-electron chi connectivity index (χ0n) is 35.9. The number of aliphatic carboxylic acids is 2. The van der Waals surface area contributed by atoms with E-state index in [0.29, 0.717) is 28.6 Å². The van der Waals surface area contributed by atoms with Crippen LogP contribution in [0.1, 0.15) is 137 Å². The maximum absolute atomic E-state index is 11.8. The van der Waals surface area contributed by atoms with Gasteiger partial charge in [0.2, 0.25) is 11.8 Å². The Hall–Kier alpha value is -2.76. The normalized spacial score (nSPS) is 43.6. The summed E-state index contributed by atoms with van der Waals surface area (Å²) >= 11 is 0. The van der Waals surface area contributed by atoms with Crippen molar-refractivity contribution in [2.45, 2.75) is 156 Å². The minimum absolute atomic E-state index is 0.0226. The number of rotatable bonds is 10. The quantitative estimate of drug-likeness (QED) is 0.145. The number of aliphatic hydroxyl groups excluding tert-OH is 1. The van der Waals surface area contributed by atoms with Gasteiger partial charge in [-0.2, -0.15) is 0 Å². The molecule has 0 spiro atoms. The fourth-order valence-electron chi connectivity index (χ4n) is 14.7. The summed E-state index contributed by atoms with van der Waals surface area (Å²) in [7, 11) is 0. The lowest BCUT2D eigenvalue weighted by atomic mass is 9.47. The third kappa shape index (κ3) is 8.18. The maximum Gasteiger partial charge on any atom is 0.322 e. The van der Waals surface area contributed by atoms with E-state index in [-0.39, 0.29) is 67.3 Å². The fourth-order valence-corrected chi connectivity index (χ4v) is 14.7. The van der Waals surface area contributed by atoms with E-state index in [9.17, 15) is 24.3 Å². The molecule has 14 atom stereocenters. The van der Waals surface area contributed by atoms with Gasteiger partial charge in [-0.05, 0) is 166 Å². The third-order valence-corrected chi connectivity index (χ3v) is 18.3. The van der Waals surface area contributed by atoms with Gasteiger partial charge in [0.1, 0.15) is 26.3 Å². The number of allylic oxidation sites excluding steroid dienone is 2. The first-order valence-electron chi connectivity index (χ1n) is 22.8. The second kappa shape index (κ2) is 16.9. The smallest absolute Gasteiger partial charge is 0.322 e. The molecule has 8 rings (SSSR count). The third-order valence-electron chi connectivity index (χ3n) is 18.3. The minimum atomic E-state index is -1.05. The molecule has 324 valence electrons. The number of hydrogen-bond donors (Lipinski definition) is 5. The summed E-state index contributed by atoms with van der Waals surface area (Å²) in [5, 5.41) is 32.6. The van der Waals surface area contributed by atoms with E-state index in [0.717, 1.165) is 68.6 Å². The van der Waals surface area contributed by atoms with Crippen molar-refractivity contribution in [3.63, 3.8) is 0 Å². The largest absolute Gasteiger partial charge is 0.480 e. The molecule has 0 aromatic carbocycles. The Kier molecular flexibility index (Phi) is 12.7. The molecule has 11 nitrogen and oxygen atoms in total.